The summed E-state index contributed by atoms with van der Waals surface area (Å²) in [6, 6.07) is 4.95. The molecule has 1 heterocycles. The third-order valence-electron chi connectivity index (χ3n) is 3.77. The highest BCUT2D eigenvalue weighted by Gasteiger charge is 2.30. The lowest BCUT2D eigenvalue weighted by Gasteiger charge is -2.33. The Balaban J connectivity index is 2.12. The van der Waals surface area contributed by atoms with E-state index in [1.165, 1.54) is 6.07 Å². The molecule has 0 saturated heterocycles. The molecule has 2 rings (SSSR count). The number of nitrogens with one attached hydrogen (secondary N) is 1. The van der Waals surface area contributed by atoms with Crippen molar-refractivity contribution in [1.82, 2.24) is 0 Å². The van der Waals surface area contributed by atoms with Gasteiger partial charge in [0.05, 0.1) is 5.69 Å². The maximum absolute atomic E-state index is 13.7. The predicted octanol–water partition coefficient (Wildman–Crippen LogP) is 4.91. The number of rotatable bonds is 3. The molecule has 0 spiro atoms. The first kappa shape index (κ1) is 14.9. The predicted molar refractivity (Wildman–Crippen MR) is 85.5 cm³/mol. The van der Waals surface area contributed by atoms with Crippen LogP contribution in [0.2, 0.25) is 0 Å². The highest BCUT2D eigenvalue weighted by atomic mass is 79.9. The number of benzene rings is 1. The first-order chi connectivity index (χ1) is 9.10. The first-order valence-electron chi connectivity index (χ1n) is 6.48. The van der Waals surface area contributed by atoms with Gasteiger partial charge in [-0.2, -0.15) is 0 Å². The number of para-hydroxylation sites is 1. The van der Waals surface area contributed by atoms with Crippen LogP contribution in [0.1, 0.15) is 26.7 Å². The Morgan fingerprint density at radius 2 is 2.16 bits per heavy atom. The molecular formula is C14H18BrFN2S. The standard InChI is InChI=1S/C14H18BrFN2S/c1-3-14(4-2)8-17-13(19-9-14)18-12-10(15)6-5-7-11(12)16/h5-7H,3-4,8-9H2,1-2H3,(H,17,18). The number of thioether (sulfide) groups is 1. The van der Waals surface area contributed by atoms with Crippen LogP contribution in [0.4, 0.5) is 10.1 Å². The lowest BCUT2D eigenvalue weighted by atomic mass is 9.84. The topological polar surface area (TPSA) is 24.4 Å². The maximum Gasteiger partial charge on any atom is 0.161 e. The van der Waals surface area contributed by atoms with E-state index in [0.717, 1.165) is 34.8 Å². The van der Waals surface area contributed by atoms with Gasteiger partial charge >= 0.3 is 0 Å². The molecule has 0 atom stereocenters. The lowest BCUT2D eigenvalue weighted by molar-refractivity contribution is 0.318. The maximum atomic E-state index is 13.7. The zero-order chi connectivity index (χ0) is 13.9. The van der Waals surface area contributed by atoms with Gasteiger partial charge in [0.2, 0.25) is 0 Å². The molecule has 2 nitrogen and oxygen atoms in total. The molecule has 1 aliphatic rings. The van der Waals surface area contributed by atoms with E-state index >= 15 is 0 Å². The van der Waals surface area contributed by atoms with Crippen molar-refractivity contribution in [2.45, 2.75) is 26.7 Å². The minimum Gasteiger partial charge on any atom is -0.332 e. The number of nitrogens with zero attached hydrogens (tertiary/aromatic N) is 1. The third kappa shape index (κ3) is 3.31. The van der Waals surface area contributed by atoms with Crippen molar-refractivity contribution >= 4 is 38.5 Å². The quantitative estimate of drug-likeness (QED) is 0.842. The first-order valence-corrected chi connectivity index (χ1v) is 8.26. The Bertz CT molecular complexity index is 466. The molecule has 0 unspecified atom stereocenters. The fourth-order valence-corrected chi connectivity index (χ4v) is 3.74. The normalized spacial score (nSPS) is 18.0. The number of halogens is 2. The minimum absolute atomic E-state index is 0.263. The van der Waals surface area contributed by atoms with Crippen LogP contribution in [0.15, 0.2) is 27.7 Å². The molecule has 0 aliphatic carbocycles. The molecule has 0 amide bonds. The Morgan fingerprint density at radius 1 is 1.42 bits per heavy atom. The van der Waals surface area contributed by atoms with Gasteiger partial charge in [-0.15, -0.1) is 0 Å². The summed E-state index contributed by atoms with van der Waals surface area (Å²) in [5, 5.41) is 3.90. The molecular weight excluding hydrogens is 327 g/mol. The molecule has 0 bridgehead atoms. The van der Waals surface area contributed by atoms with Crippen molar-refractivity contribution in [3.63, 3.8) is 0 Å². The van der Waals surface area contributed by atoms with E-state index in [2.05, 4.69) is 40.1 Å². The van der Waals surface area contributed by atoms with E-state index in [-0.39, 0.29) is 5.82 Å². The molecule has 1 aromatic carbocycles. The van der Waals surface area contributed by atoms with Gasteiger partial charge < -0.3 is 5.32 Å². The Hall–Kier alpha value is -0.550. The lowest BCUT2D eigenvalue weighted by Crippen LogP contribution is -2.32. The Morgan fingerprint density at radius 3 is 2.68 bits per heavy atom. The summed E-state index contributed by atoms with van der Waals surface area (Å²) >= 11 is 5.04. The van der Waals surface area contributed by atoms with E-state index in [1.807, 2.05) is 6.07 Å². The smallest absolute Gasteiger partial charge is 0.161 e. The summed E-state index contributed by atoms with van der Waals surface area (Å²) in [7, 11) is 0. The van der Waals surface area contributed by atoms with Gasteiger partial charge in [0.1, 0.15) is 5.82 Å². The van der Waals surface area contributed by atoms with Crippen molar-refractivity contribution in [2.75, 3.05) is 17.6 Å². The summed E-state index contributed by atoms with van der Waals surface area (Å²) in [5.41, 5.74) is 0.775. The van der Waals surface area contributed by atoms with Crippen LogP contribution >= 0.6 is 27.7 Å². The molecule has 1 N–H and O–H groups in total. The molecule has 1 aliphatic heterocycles. The SMILES string of the molecule is CCC1(CC)CN=C(Nc2c(F)cccc2Br)SC1. The minimum atomic E-state index is -0.263. The van der Waals surface area contributed by atoms with Gasteiger partial charge in [-0.1, -0.05) is 31.7 Å². The number of anilines is 1. The summed E-state index contributed by atoms with van der Waals surface area (Å²) < 4.78 is 14.5. The van der Waals surface area contributed by atoms with Gasteiger partial charge in [-0.3, -0.25) is 4.99 Å². The van der Waals surface area contributed by atoms with Gasteiger partial charge in [0.15, 0.2) is 5.17 Å². The monoisotopic (exact) mass is 344 g/mol. The molecule has 104 valence electrons. The Kier molecular flexibility index (Phi) is 4.90. The van der Waals surface area contributed by atoms with E-state index in [1.54, 1.807) is 17.8 Å². The average Bonchev–Trinajstić information content (AvgIpc) is 2.44. The van der Waals surface area contributed by atoms with Gasteiger partial charge in [0.25, 0.3) is 0 Å². The van der Waals surface area contributed by atoms with Crippen LogP contribution in [0.3, 0.4) is 0 Å². The van der Waals surface area contributed by atoms with E-state index < -0.39 is 0 Å². The Labute approximate surface area is 126 Å². The van der Waals surface area contributed by atoms with Gasteiger partial charge in [0, 0.05) is 16.8 Å². The number of aliphatic imine (C=N–C) groups is 1. The second-order valence-electron chi connectivity index (χ2n) is 4.84. The average molecular weight is 345 g/mol. The third-order valence-corrected chi connectivity index (χ3v) is 5.69. The number of hydrogen-bond acceptors (Lipinski definition) is 3. The van der Waals surface area contributed by atoms with Gasteiger partial charge in [-0.05, 0) is 46.3 Å². The van der Waals surface area contributed by atoms with Crippen molar-refractivity contribution in [3.8, 4) is 0 Å². The fraction of sp³-hybridized carbons (Fsp3) is 0.500. The number of amidine groups is 1. The largest absolute Gasteiger partial charge is 0.332 e. The van der Waals surface area contributed by atoms with Crippen molar-refractivity contribution in [1.29, 1.82) is 0 Å². The van der Waals surface area contributed by atoms with E-state index in [9.17, 15) is 4.39 Å². The van der Waals surface area contributed by atoms with E-state index in [4.69, 9.17) is 0 Å². The molecule has 0 saturated carbocycles. The van der Waals surface area contributed by atoms with Gasteiger partial charge in [-0.25, -0.2) is 4.39 Å². The molecule has 5 heteroatoms. The molecule has 1 aromatic rings. The summed E-state index contributed by atoms with van der Waals surface area (Å²) in [6.07, 6.45) is 2.27. The summed E-state index contributed by atoms with van der Waals surface area (Å²) in [6.45, 7) is 5.25. The molecule has 0 fully saturated rings. The summed E-state index contributed by atoms with van der Waals surface area (Å²) in [5.74, 6) is 0.776. The van der Waals surface area contributed by atoms with Crippen LogP contribution in [0.25, 0.3) is 0 Å². The second kappa shape index (κ2) is 6.27. The molecule has 0 aromatic heterocycles. The van der Waals surface area contributed by atoms with Crippen molar-refractivity contribution in [3.05, 3.63) is 28.5 Å². The molecule has 19 heavy (non-hydrogen) atoms. The van der Waals surface area contributed by atoms with Crippen LogP contribution < -0.4 is 5.32 Å². The highest BCUT2D eigenvalue weighted by Crippen LogP contribution is 2.36. The zero-order valence-corrected chi connectivity index (χ0v) is 13.6. The number of hydrogen-bond donors (Lipinski definition) is 1. The zero-order valence-electron chi connectivity index (χ0n) is 11.2. The summed E-state index contributed by atoms with van der Waals surface area (Å²) in [4.78, 5) is 4.58. The van der Waals surface area contributed by atoms with Crippen LogP contribution in [-0.2, 0) is 0 Å². The van der Waals surface area contributed by atoms with Crippen LogP contribution in [0, 0.1) is 11.2 Å². The van der Waals surface area contributed by atoms with Crippen LogP contribution in [-0.4, -0.2) is 17.5 Å². The van der Waals surface area contributed by atoms with Crippen molar-refractivity contribution < 1.29 is 4.39 Å². The van der Waals surface area contributed by atoms with Crippen molar-refractivity contribution in [2.24, 2.45) is 10.4 Å². The highest BCUT2D eigenvalue weighted by molar-refractivity contribution is 9.10. The molecule has 0 radical (unpaired) electrons. The van der Waals surface area contributed by atoms with E-state index in [0.29, 0.717) is 11.1 Å². The van der Waals surface area contributed by atoms with Crippen LogP contribution in [0.5, 0.6) is 0 Å². The fourth-order valence-electron chi connectivity index (χ4n) is 2.03. The second-order valence-corrected chi connectivity index (χ2v) is 6.66.